The Bertz CT molecular complexity index is 379. The maximum atomic E-state index is 5.90. The molecule has 18 heavy (non-hydrogen) atoms. The summed E-state index contributed by atoms with van der Waals surface area (Å²) in [5.41, 5.74) is 1.45. The molecule has 1 aromatic carbocycles. The van der Waals surface area contributed by atoms with E-state index in [1.54, 1.807) is 0 Å². The van der Waals surface area contributed by atoms with Crippen LogP contribution in [0, 0.1) is 0 Å². The minimum Gasteiger partial charge on any atom is -0.489 e. The third-order valence-electron chi connectivity index (χ3n) is 2.76. The van der Waals surface area contributed by atoms with Crippen LogP contribution in [0.2, 0.25) is 0 Å². The highest BCUT2D eigenvalue weighted by atomic mass is 16.5. The average Bonchev–Trinajstić information content (AvgIpc) is 2.28. The van der Waals surface area contributed by atoms with Crippen LogP contribution in [0.1, 0.15) is 33.3 Å². The summed E-state index contributed by atoms with van der Waals surface area (Å²) < 4.78 is 5.90. The smallest absolute Gasteiger partial charge is 0.120 e. The zero-order chi connectivity index (χ0) is 13.6. The van der Waals surface area contributed by atoms with Gasteiger partial charge in [0.25, 0.3) is 0 Å². The molecule has 0 aliphatic rings. The second-order valence-corrected chi connectivity index (χ2v) is 5.65. The summed E-state index contributed by atoms with van der Waals surface area (Å²) in [7, 11) is 0. The molecule has 0 fully saturated rings. The molecule has 0 radical (unpaired) electrons. The first-order chi connectivity index (χ1) is 8.43. The van der Waals surface area contributed by atoms with Gasteiger partial charge in [0.1, 0.15) is 11.9 Å². The van der Waals surface area contributed by atoms with Crippen molar-refractivity contribution in [1.29, 1.82) is 0 Å². The van der Waals surface area contributed by atoms with E-state index >= 15 is 0 Å². The van der Waals surface area contributed by atoms with Crippen LogP contribution in [0.5, 0.6) is 5.75 Å². The molecule has 100 valence electrons. The number of rotatable bonds is 6. The van der Waals surface area contributed by atoms with Gasteiger partial charge >= 0.3 is 0 Å². The zero-order valence-corrected chi connectivity index (χ0v) is 12.0. The fourth-order valence-corrected chi connectivity index (χ4v) is 1.70. The zero-order valence-electron chi connectivity index (χ0n) is 12.0. The highest BCUT2D eigenvalue weighted by Crippen LogP contribution is 2.25. The minimum atomic E-state index is 0.153. The fraction of sp³-hybridized carbons (Fsp3) is 0.500. The van der Waals surface area contributed by atoms with Crippen molar-refractivity contribution in [1.82, 2.24) is 5.32 Å². The lowest BCUT2D eigenvalue weighted by Gasteiger charge is -2.21. The SMILES string of the molecule is C=CCNCC(C)Oc1cccc(C(C)(C)C)c1. The van der Waals surface area contributed by atoms with E-state index < -0.39 is 0 Å². The van der Waals surface area contributed by atoms with Crippen molar-refractivity contribution in [3.8, 4) is 5.75 Å². The molecule has 1 atom stereocenters. The fourth-order valence-electron chi connectivity index (χ4n) is 1.70. The molecule has 0 aliphatic heterocycles. The van der Waals surface area contributed by atoms with E-state index in [2.05, 4.69) is 57.8 Å². The topological polar surface area (TPSA) is 21.3 Å². The number of ether oxygens (including phenoxy) is 1. The van der Waals surface area contributed by atoms with Crippen molar-refractivity contribution in [2.24, 2.45) is 0 Å². The lowest BCUT2D eigenvalue weighted by Crippen LogP contribution is -2.29. The molecule has 2 heteroatoms. The number of hydrogen-bond donors (Lipinski definition) is 1. The van der Waals surface area contributed by atoms with Gasteiger partial charge < -0.3 is 10.1 Å². The van der Waals surface area contributed by atoms with Crippen molar-refractivity contribution < 1.29 is 4.74 Å². The first-order valence-electron chi connectivity index (χ1n) is 6.52. The Morgan fingerprint density at radius 3 is 2.72 bits per heavy atom. The van der Waals surface area contributed by atoms with E-state index in [0.717, 1.165) is 18.8 Å². The molecule has 0 saturated heterocycles. The van der Waals surface area contributed by atoms with Gasteiger partial charge in [-0.25, -0.2) is 0 Å². The largest absolute Gasteiger partial charge is 0.489 e. The Kier molecular flexibility index (Phi) is 5.42. The lowest BCUT2D eigenvalue weighted by atomic mass is 9.87. The first-order valence-corrected chi connectivity index (χ1v) is 6.52. The molecule has 0 aromatic heterocycles. The summed E-state index contributed by atoms with van der Waals surface area (Å²) in [6.07, 6.45) is 2.01. The molecular weight excluding hydrogens is 222 g/mol. The number of hydrogen-bond acceptors (Lipinski definition) is 2. The third kappa shape index (κ3) is 4.92. The van der Waals surface area contributed by atoms with Gasteiger partial charge in [0.2, 0.25) is 0 Å². The molecule has 0 saturated carbocycles. The number of nitrogens with one attached hydrogen (secondary N) is 1. The maximum absolute atomic E-state index is 5.90. The van der Waals surface area contributed by atoms with Crippen LogP contribution >= 0.6 is 0 Å². The van der Waals surface area contributed by atoms with E-state index in [4.69, 9.17) is 4.74 Å². The second kappa shape index (κ2) is 6.60. The van der Waals surface area contributed by atoms with Gasteiger partial charge in [-0.3, -0.25) is 0 Å². The second-order valence-electron chi connectivity index (χ2n) is 5.65. The molecule has 1 unspecified atom stereocenters. The molecule has 2 nitrogen and oxygen atoms in total. The molecule has 1 rings (SSSR count). The van der Waals surface area contributed by atoms with Crippen LogP contribution in [0.4, 0.5) is 0 Å². The van der Waals surface area contributed by atoms with Crippen LogP contribution in [-0.2, 0) is 5.41 Å². The molecular formula is C16H25NO. The van der Waals surface area contributed by atoms with Crippen LogP contribution in [0.3, 0.4) is 0 Å². The Balaban J connectivity index is 2.59. The summed E-state index contributed by atoms with van der Waals surface area (Å²) in [6, 6.07) is 8.34. The van der Waals surface area contributed by atoms with Gasteiger partial charge in [0.15, 0.2) is 0 Å². The van der Waals surface area contributed by atoms with E-state index in [1.807, 2.05) is 12.1 Å². The summed E-state index contributed by atoms with van der Waals surface area (Å²) >= 11 is 0. The summed E-state index contributed by atoms with van der Waals surface area (Å²) in [4.78, 5) is 0. The van der Waals surface area contributed by atoms with E-state index in [9.17, 15) is 0 Å². The third-order valence-corrected chi connectivity index (χ3v) is 2.76. The first kappa shape index (κ1) is 14.8. The maximum Gasteiger partial charge on any atom is 0.120 e. The highest BCUT2D eigenvalue weighted by Gasteiger charge is 2.14. The van der Waals surface area contributed by atoms with Crippen molar-refractivity contribution in [2.75, 3.05) is 13.1 Å². The van der Waals surface area contributed by atoms with E-state index in [1.165, 1.54) is 5.56 Å². The molecule has 1 N–H and O–H groups in total. The van der Waals surface area contributed by atoms with Gasteiger partial charge in [-0.1, -0.05) is 39.0 Å². The Morgan fingerprint density at radius 1 is 1.39 bits per heavy atom. The van der Waals surface area contributed by atoms with Crippen molar-refractivity contribution in [3.05, 3.63) is 42.5 Å². The van der Waals surface area contributed by atoms with Crippen molar-refractivity contribution in [2.45, 2.75) is 39.2 Å². The lowest BCUT2D eigenvalue weighted by molar-refractivity contribution is 0.218. The summed E-state index contributed by atoms with van der Waals surface area (Å²) in [5.74, 6) is 0.940. The molecule has 0 aliphatic carbocycles. The van der Waals surface area contributed by atoms with Crippen molar-refractivity contribution >= 4 is 0 Å². The van der Waals surface area contributed by atoms with Gasteiger partial charge in [0.05, 0.1) is 0 Å². The van der Waals surface area contributed by atoms with E-state index in [0.29, 0.717) is 0 Å². The quantitative estimate of drug-likeness (QED) is 0.613. The predicted octanol–water partition coefficient (Wildman–Crippen LogP) is 3.53. The molecule has 0 bridgehead atoms. The molecule has 0 heterocycles. The van der Waals surface area contributed by atoms with Gasteiger partial charge in [-0.15, -0.1) is 6.58 Å². The molecule has 1 aromatic rings. The van der Waals surface area contributed by atoms with Crippen LogP contribution in [0.25, 0.3) is 0 Å². The highest BCUT2D eigenvalue weighted by molar-refractivity contribution is 5.32. The Morgan fingerprint density at radius 2 is 2.11 bits per heavy atom. The standard InChI is InChI=1S/C16H25NO/c1-6-10-17-12-13(2)18-15-9-7-8-14(11-15)16(3,4)5/h6-9,11,13,17H,1,10,12H2,2-5H3. The Labute approximate surface area is 111 Å². The van der Waals surface area contributed by atoms with Crippen LogP contribution in [-0.4, -0.2) is 19.2 Å². The van der Waals surface area contributed by atoms with Gasteiger partial charge in [-0.05, 0) is 30.0 Å². The Hall–Kier alpha value is -1.28. The predicted molar refractivity (Wildman–Crippen MR) is 78.3 cm³/mol. The van der Waals surface area contributed by atoms with Gasteiger partial charge in [-0.2, -0.15) is 0 Å². The van der Waals surface area contributed by atoms with Crippen LogP contribution in [0.15, 0.2) is 36.9 Å². The monoisotopic (exact) mass is 247 g/mol. The van der Waals surface area contributed by atoms with Gasteiger partial charge in [0, 0.05) is 13.1 Å². The van der Waals surface area contributed by atoms with Crippen LogP contribution < -0.4 is 10.1 Å². The normalized spacial score (nSPS) is 13.1. The van der Waals surface area contributed by atoms with E-state index in [-0.39, 0.29) is 11.5 Å². The average molecular weight is 247 g/mol. The molecule has 0 amide bonds. The number of benzene rings is 1. The molecule has 0 spiro atoms. The minimum absolute atomic E-state index is 0.153. The van der Waals surface area contributed by atoms with Crippen molar-refractivity contribution in [3.63, 3.8) is 0 Å². The summed E-state index contributed by atoms with van der Waals surface area (Å²) in [5, 5.41) is 3.26. The summed E-state index contributed by atoms with van der Waals surface area (Å²) in [6.45, 7) is 14.0.